The van der Waals surface area contributed by atoms with Gasteiger partial charge < -0.3 is 0 Å². The molecule has 0 saturated heterocycles. The summed E-state index contributed by atoms with van der Waals surface area (Å²) in [6, 6.07) is 17.0. The Bertz CT molecular complexity index is 1360. The number of fused-ring (bicyclic) bond motifs is 2. The van der Waals surface area contributed by atoms with Crippen molar-refractivity contribution in [2.75, 3.05) is 0 Å². The molecule has 32 heavy (non-hydrogen) atoms. The molecule has 0 fully saturated rings. The van der Waals surface area contributed by atoms with Gasteiger partial charge in [0.1, 0.15) is 5.82 Å². The van der Waals surface area contributed by atoms with E-state index in [0.717, 1.165) is 65.7 Å². The van der Waals surface area contributed by atoms with Gasteiger partial charge in [-0.15, -0.1) is 0 Å². The molecule has 1 atom stereocenters. The van der Waals surface area contributed by atoms with E-state index < -0.39 is 0 Å². The molecule has 158 valence electrons. The molecule has 0 saturated carbocycles. The Kier molecular flexibility index (Phi) is 4.49. The Morgan fingerprint density at radius 2 is 1.91 bits per heavy atom. The molecule has 1 unspecified atom stereocenters. The Labute approximate surface area is 187 Å². The lowest BCUT2D eigenvalue weighted by atomic mass is 9.88. The molecule has 3 aromatic heterocycles. The van der Waals surface area contributed by atoms with Crippen LogP contribution < -0.4 is 0 Å². The smallest absolute Gasteiger partial charge is 0.177 e. The number of hydrogen-bond acceptors (Lipinski definition) is 4. The van der Waals surface area contributed by atoms with Gasteiger partial charge in [-0.25, -0.2) is 14.6 Å². The fourth-order valence-electron chi connectivity index (χ4n) is 4.97. The number of aryl methyl sites for hydroxylation is 3. The minimum Gasteiger partial charge on any atom is -0.262 e. The van der Waals surface area contributed by atoms with Crippen LogP contribution in [0, 0.1) is 13.8 Å². The second kappa shape index (κ2) is 7.52. The zero-order valence-corrected chi connectivity index (χ0v) is 18.4. The van der Waals surface area contributed by atoms with E-state index in [1.54, 1.807) is 0 Å². The van der Waals surface area contributed by atoms with Crippen LogP contribution in [0.4, 0.5) is 0 Å². The number of nitrogens with zero attached hydrogens (tertiary/aromatic N) is 5. The number of benzene rings is 1. The molecule has 1 aliphatic carbocycles. The minimum atomic E-state index is 0.315. The topological polar surface area (TPSA) is 56.5 Å². The number of allylic oxidation sites excluding steroid dienone is 1. The number of pyridine rings is 2. The first kappa shape index (κ1) is 19.1. The van der Waals surface area contributed by atoms with Crippen LogP contribution in [-0.4, -0.2) is 24.7 Å². The molecule has 0 radical (unpaired) electrons. The molecule has 1 aromatic carbocycles. The quantitative estimate of drug-likeness (QED) is 0.448. The van der Waals surface area contributed by atoms with E-state index in [2.05, 4.69) is 65.1 Å². The molecule has 6 rings (SSSR count). The average molecular weight is 420 g/mol. The van der Waals surface area contributed by atoms with Crippen LogP contribution >= 0.6 is 0 Å². The second-order valence-corrected chi connectivity index (χ2v) is 8.84. The molecule has 0 N–H and O–H groups in total. The molecule has 0 amide bonds. The largest absolute Gasteiger partial charge is 0.262 e. The van der Waals surface area contributed by atoms with Crippen molar-refractivity contribution in [1.29, 1.82) is 0 Å². The summed E-state index contributed by atoms with van der Waals surface area (Å²) < 4.78 is 2.12. The summed E-state index contributed by atoms with van der Waals surface area (Å²) in [4.78, 5) is 14.3. The highest BCUT2D eigenvalue weighted by Gasteiger charge is 2.28. The SMILES string of the molecule is Cc1cc(-c2ccc3c(n2)C=C(c2nc4n(n2)CCCC4c2ccccc2C)C3)ccn1. The Hall–Kier alpha value is -3.60. The second-order valence-electron chi connectivity index (χ2n) is 8.84. The van der Waals surface area contributed by atoms with Crippen molar-refractivity contribution < 1.29 is 0 Å². The van der Waals surface area contributed by atoms with Crippen LogP contribution in [0.2, 0.25) is 0 Å². The van der Waals surface area contributed by atoms with E-state index in [1.165, 1.54) is 16.7 Å². The lowest BCUT2D eigenvalue weighted by Crippen LogP contribution is -2.18. The van der Waals surface area contributed by atoms with Crippen molar-refractivity contribution in [2.45, 2.75) is 45.6 Å². The van der Waals surface area contributed by atoms with Gasteiger partial charge in [0.05, 0.1) is 11.4 Å². The molecule has 2 aliphatic rings. The van der Waals surface area contributed by atoms with Gasteiger partial charge >= 0.3 is 0 Å². The summed E-state index contributed by atoms with van der Waals surface area (Å²) in [5, 5.41) is 4.91. The van der Waals surface area contributed by atoms with E-state index in [9.17, 15) is 0 Å². The van der Waals surface area contributed by atoms with Crippen LogP contribution in [0.3, 0.4) is 0 Å². The fourth-order valence-corrected chi connectivity index (χ4v) is 4.97. The van der Waals surface area contributed by atoms with E-state index >= 15 is 0 Å². The van der Waals surface area contributed by atoms with Gasteiger partial charge in [0, 0.05) is 41.9 Å². The van der Waals surface area contributed by atoms with Gasteiger partial charge in [-0.3, -0.25) is 4.98 Å². The van der Waals surface area contributed by atoms with Crippen LogP contribution in [-0.2, 0) is 13.0 Å². The van der Waals surface area contributed by atoms with Crippen LogP contribution in [0.5, 0.6) is 0 Å². The molecule has 5 heteroatoms. The highest BCUT2D eigenvalue weighted by molar-refractivity contribution is 5.85. The van der Waals surface area contributed by atoms with Gasteiger partial charge in [0.25, 0.3) is 0 Å². The Morgan fingerprint density at radius 3 is 2.78 bits per heavy atom. The van der Waals surface area contributed by atoms with Crippen molar-refractivity contribution in [1.82, 2.24) is 24.7 Å². The van der Waals surface area contributed by atoms with Gasteiger partial charge in [-0.2, -0.15) is 5.10 Å². The molecular formula is C27H25N5. The minimum absolute atomic E-state index is 0.315. The first-order chi connectivity index (χ1) is 15.7. The van der Waals surface area contributed by atoms with Crippen molar-refractivity contribution in [3.8, 4) is 11.3 Å². The van der Waals surface area contributed by atoms with Gasteiger partial charge in [0.15, 0.2) is 5.82 Å². The highest BCUT2D eigenvalue weighted by atomic mass is 15.4. The fraction of sp³-hybridized carbons (Fsp3) is 0.259. The van der Waals surface area contributed by atoms with E-state index in [-0.39, 0.29) is 0 Å². The summed E-state index contributed by atoms with van der Waals surface area (Å²) in [5.41, 5.74) is 9.18. The van der Waals surface area contributed by atoms with E-state index in [1.807, 2.05) is 19.2 Å². The molecule has 4 heterocycles. The number of rotatable bonds is 3. The Balaban J connectivity index is 1.34. The number of hydrogen-bond donors (Lipinski definition) is 0. The van der Waals surface area contributed by atoms with Crippen molar-refractivity contribution in [3.05, 3.63) is 94.5 Å². The van der Waals surface area contributed by atoms with Gasteiger partial charge in [0.2, 0.25) is 0 Å². The molecule has 1 aliphatic heterocycles. The van der Waals surface area contributed by atoms with Crippen LogP contribution in [0.15, 0.2) is 54.7 Å². The van der Waals surface area contributed by atoms with E-state index in [0.29, 0.717) is 5.92 Å². The molecule has 0 bridgehead atoms. The van der Waals surface area contributed by atoms with Crippen molar-refractivity contribution >= 4 is 11.6 Å². The third-order valence-corrected chi connectivity index (χ3v) is 6.62. The first-order valence-corrected chi connectivity index (χ1v) is 11.3. The van der Waals surface area contributed by atoms with Gasteiger partial charge in [-0.1, -0.05) is 30.3 Å². The van der Waals surface area contributed by atoms with Crippen LogP contribution in [0.25, 0.3) is 22.9 Å². The first-order valence-electron chi connectivity index (χ1n) is 11.3. The monoisotopic (exact) mass is 419 g/mol. The maximum atomic E-state index is 5.05. The Morgan fingerprint density at radius 1 is 1.00 bits per heavy atom. The van der Waals surface area contributed by atoms with Crippen molar-refractivity contribution in [3.63, 3.8) is 0 Å². The summed E-state index contributed by atoms with van der Waals surface area (Å²) in [6.07, 6.45) is 7.08. The van der Waals surface area contributed by atoms with E-state index in [4.69, 9.17) is 15.1 Å². The maximum absolute atomic E-state index is 5.05. The third-order valence-electron chi connectivity index (χ3n) is 6.62. The zero-order valence-electron chi connectivity index (χ0n) is 18.4. The normalized spacial score (nSPS) is 17.1. The summed E-state index contributed by atoms with van der Waals surface area (Å²) in [6.45, 7) is 5.13. The summed E-state index contributed by atoms with van der Waals surface area (Å²) in [7, 11) is 0. The average Bonchev–Trinajstić information content (AvgIpc) is 3.43. The predicted octanol–water partition coefficient (Wildman–Crippen LogP) is 5.37. The zero-order chi connectivity index (χ0) is 21.7. The molecule has 4 aromatic rings. The lowest BCUT2D eigenvalue weighted by Gasteiger charge is -2.23. The maximum Gasteiger partial charge on any atom is 0.177 e. The lowest BCUT2D eigenvalue weighted by molar-refractivity contribution is 0.445. The summed E-state index contributed by atoms with van der Waals surface area (Å²) in [5.74, 6) is 2.26. The standard InChI is InChI=1S/C27H25N5/c1-17-6-3-4-7-22(17)23-8-5-13-32-27(23)30-26(31-32)21-15-19-9-10-24(29-25(19)16-21)20-11-12-28-18(2)14-20/h3-4,6-7,9-12,14,16,23H,5,8,13,15H2,1-2H3. The number of aromatic nitrogens is 5. The van der Waals surface area contributed by atoms with Crippen LogP contribution in [0.1, 0.15) is 58.5 Å². The predicted molar refractivity (Wildman–Crippen MR) is 126 cm³/mol. The summed E-state index contributed by atoms with van der Waals surface area (Å²) >= 11 is 0. The molecule has 0 spiro atoms. The third kappa shape index (κ3) is 3.25. The molecular weight excluding hydrogens is 394 g/mol. The van der Waals surface area contributed by atoms with Gasteiger partial charge in [-0.05, 0) is 67.7 Å². The van der Waals surface area contributed by atoms with Crippen molar-refractivity contribution in [2.24, 2.45) is 0 Å². The highest BCUT2D eigenvalue weighted by Crippen LogP contribution is 2.36. The molecule has 5 nitrogen and oxygen atoms in total.